The van der Waals surface area contributed by atoms with Crippen molar-refractivity contribution in [3.05, 3.63) is 24.0 Å². The molecular formula is C14H23NO2. The fraction of sp³-hybridized carbons (Fsp3) is 0.643. The van der Waals surface area contributed by atoms with Crippen LogP contribution in [-0.4, -0.2) is 17.1 Å². The summed E-state index contributed by atoms with van der Waals surface area (Å²) >= 11 is 0. The Morgan fingerprint density at radius 1 is 1.47 bits per heavy atom. The Balaban J connectivity index is 2.48. The van der Waals surface area contributed by atoms with Gasteiger partial charge in [-0.3, -0.25) is 4.79 Å². The van der Waals surface area contributed by atoms with Crippen molar-refractivity contribution in [2.75, 3.05) is 6.61 Å². The molecule has 0 saturated heterocycles. The number of carbonyl (C=O) groups excluding carboxylic acids is 1. The first kappa shape index (κ1) is 13.8. The van der Waals surface area contributed by atoms with Crippen LogP contribution in [0.4, 0.5) is 0 Å². The number of aromatic nitrogens is 1. The third-order valence-electron chi connectivity index (χ3n) is 2.92. The first-order valence-electron chi connectivity index (χ1n) is 6.50. The van der Waals surface area contributed by atoms with Gasteiger partial charge in [-0.2, -0.15) is 0 Å². The van der Waals surface area contributed by atoms with Crippen LogP contribution in [0.15, 0.2) is 18.3 Å². The van der Waals surface area contributed by atoms with E-state index < -0.39 is 0 Å². The van der Waals surface area contributed by atoms with Gasteiger partial charge >= 0.3 is 5.97 Å². The lowest BCUT2D eigenvalue weighted by Gasteiger charge is -2.17. The van der Waals surface area contributed by atoms with E-state index in [0.29, 0.717) is 19.1 Å². The predicted octanol–water partition coefficient (Wildman–Crippen LogP) is 3.34. The third-order valence-corrected chi connectivity index (χ3v) is 2.92. The first-order valence-corrected chi connectivity index (χ1v) is 6.50. The second-order valence-electron chi connectivity index (χ2n) is 4.35. The summed E-state index contributed by atoms with van der Waals surface area (Å²) in [7, 11) is 0. The summed E-state index contributed by atoms with van der Waals surface area (Å²) in [5.74, 6) is -0.0939. The Morgan fingerprint density at radius 2 is 2.24 bits per heavy atom. The SMILES string of the molecule is CCCc1cccn1C(C)CCC(=O)OCC. The second kappa shape index (κ2) is 7.15. The molecule has 0 amide bonds. The van der Waals surface area contributed by atoms with Crippen LogP contribution in [-0.2, 0) is 16.0 Å². The van der Waals surface area contributed by atoms with E-state index in [1.165, 1.54) is 5.69 Å². The zero-order valence-corrected chi connectivity index (χ0v) is 11.1. The van der Waals surface area contributed by atoms with Gasteiger partial charge in [0.2, 0.25) is 0 Å². The molecule has 0 aliphatic rings. The van der Waals surface area contributed by atoms with Crippen molar-refractivity contribution in [3.63, 3.8) is 0 Å². The summed E-state index contributed by atoms with van der Waals surface area (Å²) in [6.45, 7) is 6.64. The number of nitrogens with zero attached hydrogens (tertiary/aromatic N) is 1. The highest BCUT2D eigenvalue weighted by atomic mass is 16.5. The van der Waals surface area contributed by atoms with E-state index in [0.717, 1.165) is 19.3 Å². The molecule has 1 heterocycles. The Hall–Kier alpha value is -1.25. The van der Waals surface area contributed by atoms with Crippen LogP contribution in [0.2, 0.25) is 0 Å². The molecule has 0 radical (unpaired) electrons. The normalized spacial score (nSPS) is 12.4. The largest absolute Gasteiger partial charge is 0.466 e. The maximum atomic E-state index is 11.3. The molecule has 0 fully saturated rings. The molecule has 1 aromatic heterocycles. The highest BCUT2D eigenvalue weighted by Gasteiger charge is 2.10. The minimum atomic E-state index is -0.0939. The number of aryl methyl sites for hydroxylation is 1. The average molecular weight is 237 g/mol. The molecule has 17 heavy (non-hydrogen) atoms. The molecule has 0 aliphatic heterocycles. The predicted molar refractivity (Wildman–Crippen MR) is 69.0 cm³/mol. The van der Waals surface area contributed by atoms with Crippen molar-refractivity contribution < 1.29 is 9.53 Å². The van der Waals surface area contributed by atoms with Crippen LogP contribution in [0.3, 0.4) is 0 Å². The molecule has 1 rings (SSSR count). The molecular weight excluding hydrogens is 214 g/mol. The van der Waals surface area contributed by atoms with E-state index >= 15 is 0 Å². The molecule has 1 aromatic rings. The first-order chi connectivity index (χ1) is 8.19. The number of hydrogen-bond donors (Lipinski definition) is 0. The van der Waals surface area contributed by atoms with Crippen LogP contribution in [0.1, 0.15) is 51.8 Å². The molecule has 0 spiro atoms. The molecule has 0 bridgehead atoms. The van der Waals surface area contributed by atoms with E-state index in [1.54, 1.807) is 0 Å². The van der Waals surface area contributed by atoms with Gasteiger partial charge in [0.25, 0.3) is 0 Å². The van der Waals surface area contributed by atoms with E-state index in [9.17, 15) is 4.79 Å². The van der Waals surface area contributed by atoms with Gasteiger partial charge in [0, 0.05) is 24.4 Å². The lowest BCUT2D eigenvalue weighted by molar-refractivity contribution is -0.143. The fourth-order valence-electron chi connectivity index (χ4n) is 2.03. The summed E-state index contributed by atoms with van der Waals surface area (Å²) in [6.07, 6.45) is 5.68. The van der Waals surface area contributed by atoms with E-state index in [-0.39, 0.29) is 5.97 Å². The number of carbonyl (C=O) groups is 1. The van der Waals surface area contributed by atoms with Gasteiger partial charge in [0.05, 0.1) is 6.61 Å². The number of esters is 1. The Morgan fingerprint density at radius 3 is 2.88 bits per heavy atom. The molecule has 0 aromatic carbocycles. The molecule has 3 heteroatoms. The smallest absolute Gasteiger partial charge is 0.305 e. The van der Waals surface area contributed by atoms with Crippen molar-refractivity contribution >= 4 is 5.97 Å². The van der Waals surface area contributed by atoms with Gasteiger partial charge in [-0.05, 0) is 38.8 Å². The Bertz CT molecular complexity index is 344. The maximum absolute atomic E-state index is 11.3. The zero-order valence-electron chi connectivity index (χ0n) is 11.1. The van der Waals surface area contributed by atoms with Gasteiger partial charge in [-0.15, -0.1) is 0 Å². The Kier molecular flexibility index (Phi) is 5.81. The van der Waals surface area contributed by atoms with Gasteiger partial charge in [-0.25, -0.2) is 0 Å². The van der Waals surface area contributed by atoms with Crippen molar-refractivity contribution in [2.45, 2.75) is 52.5 Å². The van der Waals surface area contributed by atoms with Crippen LogP contribution in [0, 0.1) is 0 Å². The van der Waals surface area contributed by atoms with Gasteiger partial charge in [-0.1, -0.05) is 13.3 Å². The lowest BCUT2D eigenvalue weighted by atomic mass is 10.1. The lowest BCUT2D eigenvalue weighted by Crippen LogP contribution is -2.11. The molecule has 1 unspecified atom stereocenters. The highest BCUT2D eigenvalue weighted by molar-refractivity contribution is 5.69. The second-order valence-corrected chi connectivity index (χ2v) is 4.35. The van der Waals surface area contributed by atoms with E-state index in [2.05, 4.69) is 36.7 Å². The summed E-state index contributed by atoms with van der Waals surface area (Å²) < 4.78 is 7.21. The van der Waals surface area contributed by atoms with Crippen molar-refractivity contribution in [1.29, 1.82) is 0 Å². The van der Waals surface area contributed by atoms with Gasteiger partial charge in [0.15, 0.2) is 0 Å². The summed E-state index contributed by atoms with van der Waals surface area (Å²) in [5, 5.41) is 0. The number of rotatable bonds is 7. The molecule has 3 nitrogen and oxygen atoms in total. The van der Waals surface area contributed by atoms with Crippen molar-refractivity contribution in [2.24, 2.45) is 0 Å². The third kappa shape index (κ3) is 4.25. The monoisotopic (exact) mass is 237 g/mol. The minimum absolute atomic E-state index is 0.0939. The summed E-state index contributed by atoms with van der Waals surface area (Å²) in [6, 6.07) is 4.59. The zero-order chi connectivity index (χ0) is 12.7. The maximum Gasteiger partial charge on any atom is 0.305 e. The van der Waals surface area contributed by atoms with Crippen LogP contribution < -0.4 is 0 Å². The van der Waals surface area contributed by atoms with Crippen LogP contribution in [0.25, 0.3) is 0 Å². The molecule has 0 saturated carbocycles. The number of ether oxygens (including phenoxy) is 1. The van der Waals surface area contributed by atoms with Gasteiger partial charge in [0.1, 0.15) is 0 Å². The summed E-state index contributed by atoms with van der Waals surface area (Å²) in [5.41, 5.74) is 1.35. The highest BCUT2D eigenvalue weighted by Crippen LogP contribution is 2.18. The minimum Gasteiger partial charge on any atom is -0.466 e. The Labute approximate surface area is 104 Å². The number of hydrogen-bond acceptors (Lipinski definition) is 2. The molecule has 96 valence electrons. The van der Waals surface area contributed by atoms with Crippen LogP contribution >= 0.6 is 0 Å². The standard InChI is InChI=1S/C14H23NO2/c1-4-7-13-8-6-11-15(13)12(3)9-10-14(16)17-5-2/h6,8,11-12H,4-5,7,9-10H2,1-3H3. The van der Waals surface area contributed by atoms with Crippen LogP contribution in [0.5, 0.6) is 0 Å². The van der Waals surface area contributed by atoms with Crippen molar-refractivity contribution in [3.8, 4) is 0 Å². The molecule has 0 aliphatic carbocycles. The quantitative estimate of drug-likeness (QED) is 0.681. The molecule has 0 N–H and O–H groups in total. The van der Waals surface area contributed by atoms with Crippen molar-refractivity contribution in [1.82, 2.24) is 4.57 Å². The van der Waals surface area contributed by atoms with Gasteiger partial charge < -0.3 is 9.30 Å². The summed E-state index contributed by atoms with van der Waals surface area (Å²) in [4.78, 5) is 11.3. The van der Waals surface area contributed by atoms with E-state index in [1.807, 2.05) is 6.92 Å². The fourth-order valence-corrected chi connectivity index (χ4v) is 2.03. The molecule has 1 atom stereocenters. The average Bonchev–Trinajstić information content (AvgIpc) is 2.75. The topological polar surface area (TPSA) is 31.2 Å². The van der Waals surface area contributed by atoms with E-state index in [4.69, 9.17) is 4.74 Å².